The van der Waals surface area contributed by atoms with Gasteiger partial charge in [-0.2, -0.15) is 0 Å². The number of halogens is 1. The molecule has 0 fully saturated rings. The van der Waals surface area contributed by atoms with Gasteiger partial charge in [0.2, 0.25) is 5.91 Å². The number of allylic oxidation sites excluding steroid dienone is 1. The summed E-state index contributed by atoms with van der Waals surface area (Å²) in [6, 6.07) is 0. The molecule has 0 aliphatic rings. The van der Waals surface area contributed by atoms with Gasteiger partial charge in [-0.3, -0.25) is 10.0 Å². The maximum absolute atomic E-state index is 10.7. The van der Waals surface area contributed by atoms with Gasteiger partial charge in [0.1, 0.15) is 0 Å². The molecule has 0 aliphatic heterocycles. The van der Waals surface area contributed by atoms with Crippen molar-refractivity contribution in [2.45, 2.75) is 38.5 Å². The van der Waals surface area contributed by atoms with Crippen molar-refractivity contribution in [2.75, 3.05) is 0 Å². The number of aromatic nitrogens is 1. The summed E-state index contributed by atoms with van der Waals surface area (Å²) in [5.74, 6) is -0.302. The van der Waals surface area contributed by atoms with Gasteiger partial charge in [-0.1, -0.05) is 18.9 Å². The zero-order valence-electron chi connectivity index (χ0n) is 10.1. The number of nitrogens with one attached hydrogen (secondary N) is 1. The van der Waals surface area contributed by atoms with Crippen LogP contribution in [0.25, 0.3) is 6.08 Å². The lowest BCUT2D eigenvalue weighted by molar-refractivity contribution is -0.129. The maximum Gasteiger partial charge on any atom is 0.243 e. The molecule has 0 atom stereocenters. The van der Waals surface area contributed by atoms with Gasteiger partial charge in [0.15, 0.2) is 3.92 Å². The summed E-state index contributed by atoms with van der Waals surface area (Å²) in [5.41, 5.74) is 2.63. The lowest BCUT2D eigenvalue weighted by Gasteiger charge is -1.98. The third-order valence-corrected chi connectivity index (χ3v) is 3.82. The first-order valence-electron chi connectivity index (χ1n) is 5.93. The molecule has 1 heterocycles. The molecule has 6 heteroatoms. The Bertz CT molecular complexity index is 393. The van der Waals surface area contributed by atoms with Crippen LogP contribution in [0.2, 0.25) is 0 Å². The highest BCUT2D eigenvalue weighted by atomic mass is 79.9. The first kappa shape index (κ1) is 15.3. The van der Waals surface area contributed by atoms with Gasteiger partial charge < -0.3 is 0 Å². The summed E-state index contributed by atoms with van der Waals surface area (Å²) < 4.78 is 0.907. The molecule has 18 heavy (non-hydrogen) atoms. The van der Waals surface area contributed by atoms with Crippen LogP contribution in [0.1, 0.15) is 44.2 Å². The molecule has 0 unspecified atom stereocenters. The predicted molar refractivity (Wildman–Crippen MR) is 76.5 cm³/mol. The van der Waals surface area contributed by atoms with E-state index >= 15 is 0 Å². The average molecular weight is 333 g/mol. The van der Waals surface area contributed by atoms with Gasteiger partial charge in [-0.05, 0) is 41.3 Å². The Balaban J connectivity index is 1.98. The molecule has 1 amide bonds. The first-order chi connectivity index (χ1) is 8.72. The van der Waals surface area contributed by atoms with Gasteiger partial charge in [0.25, 0.3) is 0 Å². The van der Waals surface area contributed by atoms with E-state index in [-0.39, 0.29) is 5.91 Å². The largest absolute Gasteiger partial charge is 0.289 e. The normalized spacial score (nSPS) is 11.0. The maximum atomic E-state index is 10.7. The summed E-state index contributed by atoms with van der Waals surface area (Å²) in [5, 5.41) is 10.3. The number of rotatable bonds is 8. The van der Waals surface area contributed by atoms with Crippen molar-refractivity contribution >= 4 is 39.2 Å². The molecule has 0 aromatic carbocycles. The molecule has 100 valence electrons. The second-order valence-corrected chi connectivity index (χ2v) is 6.05. The minimum Gasteiger partial charge on any atom is -0.289 e. The fourth-order valence-corrected chi connectivity index (χ4v) is 2.49. The smallest absolute Gasteiger partial charge is 0.243 e. The van der Waals surface area contributed by atoms with E-state index in [2.05, 4.69) is 27.0 Å². The summed E-state index contributed by atoms with van der Waals surface area (Å²) in [6.45, 7) is 0. The highest BCUT2D eigenvalue weighted by molar-refractivity contribution is 9.11. The van der Waals surface area contributed by atoms with Crippen molar-refractivity contribution in [3.8, 4) is 0 Å². The van der Waals surface area contributed by atoms with Crippen LogP contribution in [0.5, 0.6) is 0 Å². The van der Waals surface area contributed by atoms with Gasteiger partial charge in [0.05, 0.1) is 5.69 Å². The van der Waals surface area contributed by atoms with Crippen LogP contribution >= 0.6 is 27.3 Å². The van der Waals surface area contributed by atoms with Crippen molar-refractivity contribution in [3.05, 3.63) is 21.1 Å². The van der Waals surface area contributed by atoms with Gasteiger partial charge in [0, 0.05) is 11.8 Å². The number of carbonyl (C=O) groups is 1. The number of hydrogen-bond donors (Lipinski definition) is 2. The number of nitrogens with zero attached hydrogens (tertiary/aromatic N) is 1. The molecule has 2 N–H and O–H groups in total. The van der Waals surface area contributed by atoms with E-state index in [4.69, 9.17) is 5.21 Å². The molecule has 0 spiro atoms. The zero-order valence-corrected chi connectivity index (χ0v) is 12.5. The van der Waals surface area contributed by atoms with Gasteiger partial charge in [-0.15, -0.1) is 11.3 Å². The second kappa shape index (κ2) is 9.24. The standard InChI is InChI=1S/C12H17BrN2O2S/c13-12-14-10(9-18-12)7-5-3-1-2-4-6-8-11(16)15-17/h5,7,9,17H,1-4,6,8H2,(H,15,16)/b7-5-. The Morgan fingerprint density at radius 1 is 1.44 bits per heavy atom. The van der Waals surface area contributed by atoms with Crippen LogP contribution in [-0.4, -0.2) is 16.1 Å². The fourth-order valence-electron chi connectivity index (χ4n) is 1.50. The zero-order chi connectivity index (χ0) is 13.2. The van der Waals surface area contributed by atoms with Crippen LogP contribution in [0.15, 0.2) is 15.4 Å². The van der Waals surface area contributed by atoms with Gasteiger partial charge >= 0.3 is 0 Å². The predicted octanol–water partition coefficient (Wildman–Crippen LogP) is 3.76. The summed E-state index contributed by atoms with van der Waals surface area (Å²) in [7, 11) is 0. The van der Waals surface area contributed by atoms with E-state index in [0.29, 0.717) is 6.42 Å². The second-order valence-electron chi connectivity index (χ2n) is 3.92. The molecule has 0 bridgehead atoms. The van der Waals surface area contributed by atoms with Crippen LogP contribution in [0.4, 0.5) is 0 Å². The topological polar surface area (TPSA) is 62.2 Å². The molecule has 0 saturated heterocycles. The van der Waals surface area contributed by atoms with Crippen LogP contribution in [0.3, 0.4) is 0 Å². The first-order valence-corrected chi connectivity index (χ1v) is 7.60. The molecule has 0 aliphatic carbocycles. The van der Waals surface area contributed by atoms with E-state index in [1.165, 1.54) is 0 Å². The molecule has 4 nitrogen and oxygen atoms in total. The van der Waals surface area contributed by atoms with E-state index in [1.54, 1.807) is 16.8 Å². The van der Waals surface area contributed by atoms with E-state index < -0.39 is 0 Å². The van der Waals surface area contributed by atoms with Crippen molar-refractivity contribution in [1.82, 2.24) is 10.5 Å². The highest BCUT2D eigenvalue weighted by Crippen LogP contribution is 2.17. The Kier molecular flexibility index (Phi) is 7.88. The molecular weight excluding hydrogens is 316 g/mol. The molecule has 0 saturated carbocycles. The lowest BCUT2D eigenvalue weighted by atomic mass is 10.1. The Hall–Kier alpha value is -0.720. The van der Waals surface area contributed by atoms with Crippen LogP contribution < -0.4 is 5.48 Å². The van der Waals surface area contributed by atoms with E-state index in [9.17, 15) is 4.79 Å². The molecule has 1 rings (SSSR count). The molecule has 0 radical (unpaired) electrons. The monoisotopic (exact) mass is 332 g/mol. The van der Waals surface area contributed by atoms with Crippen molar-refractivity contribution in [3.63, 3.8) is 0 Å². The Morgan fingerprint density at radius 3 is 2.89 bits per heavy atom. The number of hydroxylamine groups is 1. The Morgan fingerprint density at radius 2 is 2.22 bits per heavy atom. The third kappa shape index (κ3) is 6.88. The van der Waals surface area contributed by atoms with Gasteiger partial charge in [-0.25, -0.2) is 10.5 Å². The van der Waals surface area contributed by atoms with Crippen molar-refractivity contribution in [1.29, 1.82) is 0 Å². The number of carbonyl (C=O) groups excluding carboxylic acids is 1. The minimum absolute atomic E-state index is 0.302. The minimum atomic E-state index is -0.302. The summed E-state index contributed by atoms with van der Waals surface area (Å²) in [4.78, 5) is 15.0. The number of thiazole rings is 1. The van der Waals surface area contributed by atoms with Crippen LogP contribution in [-0.2, 0) is 4.79 Å². The summed E-state index contributed by atoms with van der Waals surface area (Å²) >= 11 is 4.90. The highest BCUT2D eigenvalue weighted by Gasteiger charge is 1.97. The number of amides is 1. The molecule has 1 aromatic heterocycles. The fraction of sp³-hybridized carbons (Fsp3) is 0.500. The molecular formula is C12H17BrN2O2S. The Labute approximate surface area is 119 Å². The van der Waals surface area contributed by atoms with Crippen LogP contribution in [0, 0.1) is 0 Å². The van der Waals surface area contributed by atoms with E-state index in [1.807, 2.05) is 11.5 Å². The molecule has 1 aromatic rings. The van der Waals surface area contributed by atoms with Crippen molar-refractivity contribution < 1.29 is 10.0 Å². The number of unbranched alkanes of at least 4 members (excludes halogenated alkanes) is 4. The SMILES string of the molecule is O=C(CCCCCC/C=C\c1csc(Br)n1)NO. The summed E-state index contributed by atoms with van der Waals surface area (Å²) in [6.07, 6.45) is 9.65. The number of hydrogen-bond acceptors (Lipinski definition) is 4. The average Bonchev–Trinajstić information content (AvgIpc) is 2.78. The third-order valence-electron chi connectivity index (χ3n) is 2.43. The lowest BCUT2D eigenvalue weighted by Crippen LogP contribution is -2.17. The van der Waals surface area contributed by atoms with E-state index in [0.717, 1.165) is 41.7 Å². The van der Waals surface area contributed by atoms with Crippen molar-refractivity contribution in [2.24, 2.45) is 0 Å². The quantitative estimate of drug-likeness (QED) is 0.432.